The number of rotatable bonds is 14. The van der Waals surface area contributed by atoms with Crippen molar-refractivity contribution in [3.8, 4) is 5.75 Å². The van der Waals surface area contributed by atoms with Crippen molar-refractivity contribution in [2.45, 2.75) is 59.0 Å². The number of carbonyl (C=O) groups is 2. The number of nitrogens with zero attached hydrogens (tertiary/aromatic N) is 2. The van der Waals surface area contributed by atoms with Crippen molar-refractivity contribution >= 4 is 27.5 Å². The molecule has 0 heterocycles. The zero-order chi connectivity index (χ0) is 26.7. The summed E-state index contributed by atoms with van der Waals surface area (Å²) in [6.45, 7) is 6.79. The first kappa shape index (κ1) is 29.2. The molecule has 0 aliphatic carbocycles. The molecule has 0 aromatic heterocycles. The fraction of sp³-hybridized carbons (Fsp3) is 0.481. The SMILES string of the molecule is CCCCNC(=O)C(C)N(Cc1ccc(C)cc1)C(=O)CCCN(c1ccc(OC)cc1)S(C)(=O)=O. The molecule has 1 N–H and O–H groups in total. The second-order valence-corrected chi connectivity index (χ2v) is 10.9. The van der Waals surface area contributed by atoms with Gasteiger partial charge in [-0.3, -0.25) is 13.9 Å². The van der Waals surface area contributed by atoms with Gasteiger partial charge in [-0.1, -0.05) is 43.2 Å². The fourth-order valence-electron chi connectivity index (χ4n) is 3.76. The molecule has 0 spiro atoms. The minimum atomic E-state index is -3.55. The van der Waals surface area contributed by atoms with Crippen LogP contribution in [0.25, 0.3) is 0 Å². The summed E-state index contributed by atoms with van der Waals surface area (Å²) in [4.78, 5) is 27.6. The van der Waals surface area contributed by atoms with Crippen LogP contribution < -0.4 is 14.4 Å². The van der Waals surface area contributed by atoms with E-state index in [2.05, 4.69) is 12.2 Å². The van der Waals surface area contributed by atoms with E-state index in [0.29, 0.717) is 30.9 Å². The van der Waals surface area contributed by atoms with Crippen molar-refractivity contribution in [3.63, 3.8) is 0 Å². The summed E-state index contributed by atoms with van der Waals surface area (Å²) in [5.74, 6) is 0.233. The van der Waals surface area contributed by atoms with E-state index in [1.807, 2.05) is 31.2 Å². The van der Waals surface area contributed by atoms with Gasteiger partial charge in [0, 0.05) is 26.1 Å². The number of ether oxygens (including phenoxy) is 1. The molecule has 2 amide bonds. The van der Waals surface area contributed by atoms with E-state index in [4.69, 9.17) is 4.74 Å². The summed E-state index contributed by atoms with van der Waals surface area (Å²) >= 11 is 0. The molecule has 0 aliphatic rings. The zero-order valence-electron chi connectivity index (χ0n) is 22.0. The van der Waals surface area contributed by atoms with Crippen molar-refractivity contribution in [1.29, 1.82) is 0 Å². The molecule has 2 aromatic rings. The number of hydrogen-bond acceptors (Lipinski definition) is 5. The Kier molecular flexibility index (Phi) is 11.2. The highest BCUT2D eigenvalue weighted by Gasteiger charge is 2.26. The number of benzene rings is 2. The molecule has 0 saturated carbocycles. The Morgan fingerprint density at radius 3 is 2.22 bits per heavy atom. The molecule has 1 unspecified atom stereocenters. The molecule has 2 aromatic carbocycles. The average Bonchev–Trinajstić information content (AvgIpc) is 2.85. The van der Waals surface area contributed by atoms with Crippen LogP contribution in [0.15, 0.2) is 48.5 Å². The lowest BCUT2D eigenvalue weighted by Crippen LogP contribution is -2.48. The summed E-state index contributed by atoms with van der Waals surface area (Å²) in [6.07, 6.45) is 3.40. The molecule has 0 aliphatic heterocycles. The Balaban J connectivity index is 2.13. The zero-order valence-corrected chi connectivity index (χ0v) is 22.8. The Morgan fingerprint density at radius 1 is 1.03 bits per heavy atom. The lowest BCUT2D eigenvalue weighted by molar-refractivity contribution is -0.140. The highest BCUT2D eigenvalue weighted by molar-refractivity contribution is 7.92. The second-order valence-electron chi connectivity index (χ2n) is 8.96. The number of nitrogens with one attached hydrogen (secondary N) is 1. The predicted molar refractivity (Wildman–Crippen MR) is 144 cm³/mol. The largest absolute Gasteiger partial charge is 0.497 e. The Hall–Kier alpha value is -3.07. The molecule has 0 fully saturated rings. The normalized spacial score (nSPS) is 12.0. The number of amides is 2. The molecular weight excluding hydrogens is 478 g/mol. The number of aryl methyl sites for hydroxylation is 1. The van der Waals surface area contributed by atoms with Gasteiger partial charge in [0.25, 0.3) is 0 Å². The van der Waals surface area contributed by atoms with Gasteiger partial charge in [0.2, 0.25) is 21.8 Å². The first-order chi connectivity index (χ1) is 17.1. The topological polar surface area (TPSA) is 96.0 Å². The highest BCUT2D eigenvalue weighted by atomic mass is 32.2. The molecule has 0 radical (unpaired) electrons. The maximum absolute atomic E-state index is 13.3. The van der Waals surface area contributed by atoms with Gasteiger partial charge in [0.15, 0.2) is 0 Å². The fourth-order valence-corrected chi connectivity index (χ4v) is 4.73. The summed E-state index contributed by atoms with van der Waals surface area (Å²) in [7, 11) is -2.00. The number of carbonyl (C=O) groups excluding carboxylic acids is 2. The monoisotopic (exact) mass is 517 g/mol. The molecule has 36 heavy (non-hydrogen) atoms. The van der Waals surface area contributed by atoms with Gasteiger partial charge < -0.3 is 15.0 Å². The van der Waals surface area contributed by atoms with Gasteiger partial charge >= 0.3 is 0 Å². The van der Waals surface area contributed by atoms with E-state index in [1.165, 1.54) is 4.31 Å². The molecule has 2 rings (SSSR count). The van der Waals surface area contributed by atoms with E-state index in [9.17, 15) is 18.0 Å². The van der Waals surface area contributed by atoms with Crippen molar-refractivity contribution in [2.75, 3.05) is 30.8 Å². The third-order valence-corrected chi connectivity index (χ3v) is 7.18. The molecule has 1 atom stereocenters. The predicted octanol–water partition coefficient (Wildman–Crippen LogP) is 3.88. The lowest BCUT2D eigenvalue weighted by Gasteiger charge is -2.29. The van der Waals surface area contributed by atoms with Crippen LogP contribution in [0.5, 0.6) is 5.75 Å². The lowest BCUT2D eigenvalue weighted by atomic mass is 10.1. The smallest absolute Gasteiger partial charge is 0.242 e. The summed E-state index contributed by atoms with van der Waals surface area (Å²) in [5.41, 5.74) is 2.55. The minimum Gasteiger partial charge on any atom is -0.497 e. The first-order valence-corrected chi connectivity index (χ1v) is 14.2. The average molecular weight is 518 g/mol. The third-order valence-electron chi connectivity index (χ3n) is 5.98. The quantitative estimate of drug-likeness (QED) is 0.384. The van der Waals surface area contributed by atoms with Gasteiger partial charge in [0.1, 0.15) is 11.8 Å². The van der Waals surface area contributed by atoms with Crippen molar-refractivity contribution in [1.82, 2.24) is 10.2 Å². The number of hydrogen-bond donors (Lipinski definition) is 1. The number of anilines is 1. The van der Waals surface area contributed by atoms with E-state index < -0.39 is 16.1 Å². The minimum absolute atomic E-state index is 0.112. The Morgan fingerprint density at radius 2 is 1.67 bits per heavy atom. The van der Waals surface area contributed by atoms with Crippen LogP contribution in [0, 0.1) is 6.92 Å². The van der Waals surface area contributed by atoms with Gasteiger partial charge in [-0.2, -0.15) is 0 Å². The van der Waals surface area contributed by atoms with Gasteiger partial charge in [-0.25, -0.2) is 8.42 Å². The van der Waals surface area contributed by atoms with Crippen LogP contribution in [0.3, 0.4) is 0 Å². The van der Waals surface area contributed by atoms with E-state index in [1.54, 1.807) is 43.2 Å². The Bertz CT molecular complexity index is 1090. The molecule has 198 valence electrons. The second kappa shape index (κ2) is 13.9. The van der Waals surface area contributed by atoms with Crippen LogP contribution in [0.4, 0.5) is 5.69 Å². The van der Waals surface area contributed by atoms with Crippen LogP contribution in [-0.4, -0.2) is 57.6 Å². The van der Waals surface area contributed by atoms with Crippen molar-refractivity contribution < 1.29 is 22.7 Å². The van der Waals surface area contributed by atoms with E-state index in [0.717, 1.165) is 30.2 Å². The van der Waals surface area contributed by atoms with Gasteiger partial charge in [-0.15, -0.1) is 0 Å². The van der Waals surface area contributed by atoms with Crippen LogP contribution >= 0.6 is 0 Å². The summed E-state index contributed by atoms with van der Waals surface area (Å²) < 4.78 is 31.3. The maximum atomic E-state index is 13.3. The number of sulfonamides is 1. The first-order valence-electron chi connectivity index (χ1n) is 12.3. The highest BCUT2D eigenvalue weighted by Crippen LogP contribution is 2.22. The molecule has 0 saturated heterocycles. The maximum Gasteiger partial charge on any atom is 0.242 e. The van der Waals surface area contributed by atoms with Crippen LogP contribution in [0.1, 0.15) is 50.7 Å². The van der Waals surface area contributed by atoms with Crippen molar-refractivity contribution in [2.24, 2.45) is 0 Å². The molecular formula is C27H39N3O5S. The molecule has 0 bridgehead atoms. The van der Waals surface area contributed by atoms with Crippen molar-refractivity contribution in [3.05, 3.63) is 59.7 Å². The summed E-state index contributed by atoms with van der Waals surface area (Å²) in [6, 6.07) is 13.9. The summed E-state index contributed by atoms with van der Waals surface area (Å²) in [5, 5.41) is 2.91. The Labute approximate surface area is 215 Å². The van der Waals surface area contributed by atoms with E-state index >= 15 is 0 Å². The van der Waals surface area contributed by atoms with Crippen LogP contribution in [-0.2, 0) is 26.2 Å². The standard InChI is InChI=1S/C27H39N3O5S/c1-6-7-18-28-27(32)22(3)29(20-23-12-10-21(2)11-13-23)26(31)9-8-19-30(36(5,33)34)24-14-16-25(35-4)17-15-24/h10-17,22H,6-9,18-20H2,1-5H3,(H,28,32). The number of methoxy groups -OCH3 is 1. The van der Waals surface area contributed by atoms with Crippen LogP contribution in [0.2, 0.25) is 0 Å². The molecule has 8 nitrogen and oxygen atoms in total. The van der Waals surface area contributed by atoms with E-state index in [-0.39, 0.29) is 24.8 Å². The van der Waals surface area contributed by atoms with Gasteiger partial charge in [-0.05, 0) is 56.5 Å². The molecule has 9 heteroatoms. The van der Waals surface area contributed by atoms with Gasteiger partial charge in [0.05, 0.1) is 19.1 Å². The third kappa shape index (κ3) is 8.86. The number of unbranched alkanes of at least 4 members (excludes halogenated alkanes) is 1.